The molecule has 0 saturated carbocycles. The maximum atomic E-state index is 11.1. The summed E-state index contributed by atoms with van der Waals surface area (Å²) in [6.07, 6.45) is 2.83. The minimum Gasteiger partial charge on any atom is -0.487 e. The third-order valence-electron chi connectivity index (χ3n) is 3.26. The third kappa shape index (κ3) is 4.60. The first-order chi connectivity index (χ1) is 10.2. The summed E-state index contributed by atoms with van der Waals surface area (Å²) in [5.74, 6) is 0.600. The number of esters is 1. The number of aromatic nitrogens is 1. The molecule has 0 amide bonds. The summed E-state index contributed by atoms with van der Waals surface area (Å²) in [4.78, 5) is 15.4. The Balaban J connectivity index is 1.88. The highest BCUT2D eigenvalue weighted by atomic mass is 16.5. The zero-order valence-electron chi connectivity index (χ0n) is 12.3. The van der Waals surface area contributed by atoms with Gasteiger partial charge in [-0.1, -0.05) is 18.2 Å². The number of methoxy groups -OCH3 is 1. The van der Waals surface area contributed by atoms with Crippen molar-refractivity contribution in [3.8, 4) is 5.75 Å². The smallest absolute Gasteiger partial charge is 0.305 e. The van der Waals surface area contributed by atoms with E-state index in [2.05, 4.69) is 9.72 Å². The van der Waals surface area contributed by atoms with Crippen LogP contribution in [0.2, 0.25) is 0 Å². The van der Waals surface area contributed by atoms with E-state index < -0.39 is 0 Å². The molecule has 1 heterocycles. The van der Waals surface area contributed by atoms with E-state index in [0.717, 1.165) is 22.6 Å². The van der Waals surface area contributed by atoms with Crippen LogP contribution >= 0.6 is 0 Å². The molecule has 4 nitrogen and oxygen atoms in total. The zero-order valence-corrected chi connectivity index (χ0v) is 12.3. The molecule has 0 bridgehead atoms. The molecule has 21 heavy (non-hydrogen) atoms. The molecule has 4 heteroatoms. The molecule has 2 aromatic rings. The van der Waals surface area contributed by atoms with Crippen LogP contribution in [0, 0.1) is 6.92 Å². The lowest BCUT2D eigenvalue weighted by molar-refractivity contribution is -0.140. The van der Waals surface area contributed by atoms with Crippen molar-refractivity contribution >= 4 is 5.97 Å². The Bertz CT molecular complexity index is 593. The second-order valence-electron chi connectivity index (χ2n) is 4.78. The highest BCUT2D eigenvalue weighted by Crippen LogP contribution is 2.15. The molecule has 0 radical (unpaired) electrons. The number of aryl methyl sites for hydroxylation is 2. The van der Waals surface area contributed by atoms with Crippen molar-refractivity contribution in [1.82, 2.24) is 4.98 Å². The summed E-state index contributed by atoms with van der Waals surface area (Å²) >= 11 is 0. The molecule has 0 saturated heterocycles. The predicted octanol–water partition coefficient (Wildman–Crippen LogP) is 3.07. The Morgan fingerprint density at radius 2 is 1.95 bits per heavy atom. The Labute approximate surface area is 124 Å². The molecule has 2 rings (SSSR count). The second-order valence-corrected chi connectivity index (χ2v) is 4.78. The molecule has 0 N–H and O–H groups in total. The van der Waals surface area contributed by atoms with E-state index >= 15 is 0 Å². The predicted molar refractivity (Wildman–Crippen MR) is 80.1 cm³/mol. The highest BCUT2D eigenvalue weighted by molar-refractivity contribution is 5.69. The van der Waals surface area contributed by atoms with Gasteiger partial charge < -0.3 is 9.47 Å². The quantitative estimate of drug-likeness (QED) is 0.765. The van der Waals surface area contributed by atoms with Gasteiger partial charge in [0.15, 0.2) is 0 Å². The van der Waals surface area contributed by atoms with Crippen molar-refractivity contribution in [3.63, 3.8) is 0 Å². The molecule has 0 aliphatic heterocycles. The highest BCUT2D eigenvalue weighted by Gasteiger charge is 2.03. The van der Waals surface area contributed by atoms with Crippen LogP contribution in [-0.4, -0.2) is 18.1 Å². The van der Waals surface area contributed by atoms with Gasteiger partial charge in [0.25, 0.3) is 0 Å². The molecule has 1 aromatic heterocycles. The van der Waals surface area contributed by atoms with Crippen molar-refractivity contribution in [2.45, 2.75) is 26.4 Å². The zero-order chi connectivity index (χ0) is 15.1. The minimum atomic E-state index is -0.194. The van der Waals surface area contributed by atoms with Crippen molar-refractivity contribution in [2.24, 2.45) is 0 Å². The first-order valence-electron chi connectivity index (χ1n) is 6.88. The van der Waals surface area contributed by atoms with Crippen molar-refractivity contribution < 1.29 is 14.3 Å². The maximum Gasteiger partial charge on any atom is 0.305 e. The minimum absolute atomic E-state index is 0.194. The van der Waals surface area contributed by atoms with Crippen LogP contribution in [0.4, 0.5) is 0 Å². The van der Waals surface area contributed by atoms with E-state index in [0.29, 0.717) is 19.4 Å². The molecule has 110 valence electrons. The fraction of sp³-hybridized carbons (Fsp3) is 0.294. The molecule has 0 unspecified atom stereocenters. The fourth-order valence-corrected chi connectivity index (χ4v) is 1.92. The van der Waals surface area contributed by atoms with Crippen LogP contribution in [-0.2, 0) is 22.6 Å². The van der Waals surface area contributed by atoms with Crippen LogP contribution in [0.5, 0.6) is 5.75 Å². The van der Waals surface area contributed by atoms with Gasteiger partial charge in [-0.3, -0.25) is 9.78 Å². The van der Waals surface area contributed by atoms with Crippen LogP contribution in [0.15, 0.2) is 42.6 Å². The molecule has 0 atom stereocenters. The topological polar surface area (TPSA) is 48.4 Å². The number of nitrogens with zero attached hydrogens (tertiary/aromatic N) is 1. The van der Waals surface area contributed by atoms with Gasteiger partial charge in [-0.05, 0) is 42.7 Å². The molecule has 0 fully saturated rings. The van der Waals surface area contributed by atoms with Gasteiger partial charge in [-0.15, -0.1) is 0 Å². The largest absolute Gasteiger partial charge is 0.487 e. The molecule has 1 aromatic carbocycles. The number of pyridine rings is 1. The van der Waals surface area contributed by atoms with Gasteiger partial charge in [-0.25, -0.2) is 0 Å². The number of ether oxygens (including phenoxy) is 2. The van der Waals surface area contributed by atoms with Crippen LogP contribution in [0.25, 0.3) is 0 Å². The fourth-order valence-electron chi connectivity index (χ4n) is 1.92. The molecular formula is C17H19NO3. The summed E-state index contributed by atoms with van der Waals surface area (Å²) in [7, 11) is 1.40. The number of hydrogen-bond acceptors (Lipinski definition) is 4. The van der Waals surface area contributed by atoms with Gasteiger partial charge in [0, 0.05) is 12.6 Å². The normalized spacial score (nSPS) is 10.2. The number of hydrogen-bond donors (Lipinski definition) is 0. The first kappa shape index (κ1) is 15.0. The SMILES string of the molecule is COC(=O)CCc1ccc(OCc2ncccc2C)cc1. The van der Waals surface area contributed by atoms with E-state index in [1.807, 2.05) is 43.3 Å². The average molecular weight is 285 g/mol. The van der Waals surface area contributed by atoms with E-state index in [4.69, 9.17) is 4.74 Å². The van der Waals surface area contributed by atoms with Crippen LogP contribution in [0.3, 0.4) is 0 Å². The van der Waals surface area contributed by atoms with E-state index in [1.54, 1.807) is 6.20 Å². The van der Waals surface area contributed by atoms with Gasteiger partial charge in [-0.2, -0.15) is 0 Å². The lowest BCUT2D eigenvalue weighted by Crippen LogP contribution is -2.02. The van der Waals surface area contributed by atoms with E-state index in [1.165, 1.54) is 7.11 Å². The Hall–Kier alpha value is -2.36. The summed E-state index contributed by atoms with van der Waals surface area (Å²) in [5.41, 5.74) is 3.14. The Morgan fingerprint density at radius 3 is 2.62 bits per heavy atom. The molecular weight excluding hydrogens is 266 g/mol. The number of benzene rings is 1. The summed E-state index contributed by atoms with van der Waals surface area (Å²) in [6.45, 7) is 2.47. The second kappa shape index (κ2) is 7.43. The van der Waals surface area contributed by atoms with E-state index in [-0.39, 0.29) is 5.97 Å². The summed E-state index contributed by atoms with van der Waals surface area (Å²) in [6, 6.07) is 11.7. The average Bonchev–Trinajstić information content (AvgIpc) is 2.53. The third-order valence-corrected chi connectivity index (χ3v) is 3.26. The lowest BCUT2D eigenvalue weighted by atomic mass is 10.1. The van der Waals surface area contributed by atoms with Gasteiger partial charge >= 0.3 is 5.97 Å². The van der Waals surface area contributed by atoms with Gasteiger partial charge in [0.2, 0.25) is 0 Å². The molecule has 0 spiro atoms. The number of rotatable bonds is 6. The lowest BCUT2D eigenvalue weighted by Gasteiger charge is -2.08. The molecule has 0 aliphatic carbocycles. The van der Waals surface area contributed by atoms with Crippen LogP contribution < -0.4 is 4.74 Å². The summed E-state index contributed by atoms with van der Waals surface area (Å²) in [5, 5.41) is 0. The maximum absolute atomic E-state index is 11.1. The number of carbonyl (C=O) groups is 1. The summed E-state index contributed by atoms with van der Waals surface area (Å²) < 4.78 is 10.3. The number of carbonyl (C=O) groups excluding carboxylic acids is 1. The Morgan fingerprint density at radius 1 is 1.19 bits per heavy atom. The van der Waals surface area contributed by atoms with Gasteiger partial charge in [0.05, 0.1) is 12.8 Å². The van der Waals surface area contributed by atoms with E-state index in [9.17, 15) is 4.79 Å². The molecule has 0 aliphatic rings. The van der Waals surface area contributed by atoms with Crippen LogP contribution in [0.1, 0.15) is 23.2 Å². The van der Waals surface area contributed by atoms with Crippen molar-refractivity contribution in [1.29, 1.82) is 0 Å². The monoisotopic (exact) mass is 285 g/mol. The van der Waals surface area contributed by atoms with Crippen molar-refractivity contribution in [3.05, 3.63) is 59.4 Å². The Kier molecular flexibility index (Phi) is 5.32. The first-order valence-corrected chi connectivity index (χ1v) is 6.88. The van der Waals surface area contributed by atoms with Gasteiger partial charge in [0.1, 0.15) is 12.4 Å². The van der Waals surface area contributed by atoms with Crippen molar-refractivity contribution in [2.75, 3.05) is 7.11 Å². The standard InChI is InChI=1S/C17H19NO3/c1-13-4-3-11-18-16(13)12-21-15-8-5-14(6-9-15)7-10-17(19)20-2/h3-6,8-9,11H,7,10,12H2,1-2H3.